The summed E-state index contributed by atoms with van der Waals surface area (Å²) in [4.78, 5) is 25.7. The Kier molecular flexibility index (Phi) is 6.27. The molecular weight excluding hydrogens is 332 g/mol. The highest BCUT2D eigenvalue weighted by atomic mass is 16.5. The fraction of sp³-hybridized carbons (Fsp3) is 0.600. The van der Waals surface area contributed by atoms with Crippen LogP contribution in [0.4, 0.5) is 0 Å². The molecule has 1 aliphatic heterocycles. The van der Waals surface area contributed by atoms with Crippen LogP contribution in [0.25, 0.3) is 0 Å². The number of amides is 1. The molecule has 2 aliphatic rings. The largest absolute Gasteiger partial charge is 0.480 e. The van der Waals surface area contributed by atoms with Crippen molar-refractivity contribution in [3.8, 4) is 0 Å². The first-order chi connectivity index (χ1) is 12.6. The summed E-state index contributed by atoms with van der Waals surface area (Å²) in [6, 6.07) is 10.3. The first-order valence-electron chi connectivity index (χ1n) is 9.51. The van der Waals surface area contributed by atoms with Gasteiger partial charge in [0.1, 0.15) is 0 Å². The van der Waals surface area contributed by atoms with E-state index in [9.17, 15) is 9.59 Å². The van der Waals surface area contributed by atoms with Crippen LogP contribution in [-0.4, -0.2) is 53.7 Å². The number of hydrogen-bond donors (Lipinski definition) is 2. The minimum atomic E-state index is -0.801. The van der Waals surface area contributed by atoms with E-state index >= 15 is 0 Å². The van der Waals surface area contributed by atoms with Gasteiger partial charge in [0.2, 0.25) is 5.91 Å². The number of carboxylic acid groups (broad SMARTS) is 1. The third kappa shape index (κ3) is 4.43. The predicted molar refractivity (Wildman–Crippen MR) is 97.7 cm³/mol. The van der Waals surface area contributed by atoms with Gasteiger partial charge in [-0.3, -0.25) is 14.5 Å². The summed E-state index contributed by atoms with van der Waals surface area (Å²) in [6.07, 6.45) is 3.19. The summed E-state index contributed by atoms with van der Waals surface area (Å²) in [5, 5.41) is 12.1. The Morgan fingerprint density at radius 1 is 1.27 bits per heavy atom. The first kappa shape index (κ1) is 18.9. The fourth-order valence-corrected chi connectivity index (χ4v) is 4.01. The Morgan fingerprint density at radius 3 is 2.65 bits per heavy atom. The smallest absolute Gasteiger partial charge is 0.317 e. The molecule has 1 saturated carbocycles. The van der Waals surface area contributed by atoms with Crippen LogP contribution >= 0.6 is 0 Å². The minimum Gasteiger partial charge on any atom is -0.480 e. The number of rotatable bonds is 7. The zero-order valence-electron chi connectivity index (χ0n) is 15.3. The van der Waals surface area contributed by atoms with Crippen LogP contribution < -0.4 is 5.32 Å². The van der Waals surface area contributed by atoms with Crippen molar-refractivity contribution in [1.29, 1.82) is 0 Å². The van der Waals surface area contributed by atoms with Crippen molar-refractivity contribution in [3.05, 3.63) is 35.9 Å². The van der Waals surface area contributed by atoms with E-state index in [1.807, 2.05) is 42.2 Å². The molecule has 1 aromatic rings. The molecule has 2 N–H and O–H groups in total. The number of carboxylic acids is 1. The lowest BCUT2D eigenvalue weighted by Gasteiger charge is -2.43. The lowest BCUT2D eigenvalue weighted by molar-refractivity contribution is -0.141. The number of carbonyl (C=O) groups is 2. The third-order valence-corrected chi connectivity index (χ3v) is 5.51. The molecule has 2 fully saturated rings. The van der Waals surface area contributed by atoms with E-state index in [0.717, 1.165) is 31.2 Å². The maximum Gasteiger partial charge on any atom is 0.317 e. The summed E-state index contributed by atoms with van der Waals surface area (Å²) >= 11 is 0. The zero-order valence-corrected chi connectivity index (χ0v) is 15.3. The molecule has 6 heteroatoms. The molecule has 0 radical (unpaired) electrons. The second-order valence-corrected chi connectivity index (χ2v) is 7.24. The molecule has 0 spiro atoms. The minimum absolute atomic E-state index is 0.0586. The average molecular weight is 360 g/mol. The quantitative estimate of drug-likeness (QED) is 0.779. The molecule has 2 unspecified atom stereocenters. The monoisotopic (exact) mass is 360 g/mol. The molecule has 26 heavy (non-hydrogen) atoms. The van der Waals surface area contributed by atoms with Gasteiger partial charge >= 0.3 is 5.97 Å². The van der Waals surface area contributed by atoms with Gasteiger partial charge < -0.3 is 15.2 Å². The highest BCUT2D eigenvalue weighted by molar-refractivity contribution is 5.80. The molecule has 1 saturated heterocycles. The number of aliphatic carboxylic acids is 1. The Bertz CT molecular complexity index is 615. The van der Waals surface area contributed by atoms with Gasteiger partial charge in [-0.15, -0.1) is 0 Å². The Balaban J connectivity index is 1.54. The highest BCUT2D eigenvalue weighted by Crippen LogP contribution is 2.34. The van der Waals surface area contributed by atoms with Gasteiger partial charge in [-0.05, 0) is 37.8 Å². The molecular formula is C20H28N2O4. The van der Waals surface area contributed by atoms with Gasteiger partial charge in [0.05, 0.1) is 18.6 Å². The van der Waals surface area contributed by atoms with E-state index in [1.54, 1.807) is 0 Å². The number of hydrogen-bond acceptors (Lipinski definition) is 4. The van der Waals surface area contributed by atoms with Gasteiger partial charge in [-0.1, -0.05) is 37.3 Å². The fourth-order valence-electron chi connectivity index (χ4n) is 4.01. The summed E-state index contributed by atoms with van der Waals surface area (Å²) in [7, 11) is 0. The number of nitrogens with zero attached hydrogens (tertiary/aromatic N) is 1. The Hall–Kier alpha value is -1.92. The van der Waals surface area contributed by atoms with Crippen molar-refractivity contribution in [2.24, 2.45) is 5.92 Å². The molecule has 2 atom stereocenters. The van der Waals surface area contributed by atoms with Crippen molar-refractivity contribution >= 4 is 11.9 Å². The van der Waals surface area contributed by atoms with Crippen molar-refractivity contribution in [1.82, 2.24) is 10.2 Å². The maximum absolute atomic E-state index is 12.8. The molecule has 142 valence electrons. The topological polar surface area (TPSA) is 78.9 Å². The van der Waals surface area contributed by atoms with Gasteiger partial charge in [0.15, 0.2) is 0 Å². The van der Waals surface area contributed by atoms with Crippen LogP contribution in [0.1, 0.15) is 44.3 Å². The third-order valence-electron chi connectivity index (χ3n) is 5.51. The summed E-state index contributed by atoms with van der Waals surface area (Å²) in [5.41, 5.74) is 1.05. The molecule has 1 aliphatic carbocycles. The van der Waals surface area contributed by atoms with Crippen LogP contribution in [0.2, 0.25) is 0 Å². The van der Waals surface area contributed by atoms with Crippen LogP contribution in [0.15, 0.2) is 30.3 Å². The van der Waals surface area contributed by atoms with Gasteiger partial charge in [-0.25, -0.2) is 0 Å². The lowest BCUT2D eigenvalue weighted by Crippen LogP contribution is -2.56. The highest BCUT2D eigenvalue weighted by Gasteiger charge is 2.38. The number of ether oxygens (including phenoxy) is 1. The number of likely N-dealkylation sites (N-methyl/N-ethyl adjacent to an activating group) is 1. The summed E-state index contributed by atoms with van der Waals surface area (Å²) in [5.74, 6) is -0.904. The van der Waals surface area contributed by atoms with E-state index in [0.29, 0.717) is 13.2 Å². The van der Waals surface area contributed by atoms with Gasteiger partial charge in [0, 0.05) is 18.7 Å². The van der Waals surface area contributed by atoms with E-state index in [2.05, 4.69) is 5.32 Å². The molecule has 0 bridgehead atoms. The SMILES string of the molecule is CCN(CC(=O)O)C1CC(NC(=O)C2CCCOC2c2ccccc2)C1. The second-order valence-electron chi connectivity index (χ2n) is 7.24. The molecule has 1 aromatic carbocycles. The van der Waals surface area contributed by atoms with Crippen LogP contribution in [0.5, 0.6) is 0 Å². The number of nitrogens with one attached hydrogen (secondary N) is 1. The molecule has 3 rings (SSSR count). The second kappa shape index (κ2) is 8.64. The Labute approximate surface area is 154 Å². The lowest BCUT2D eigenvalue weighted by atomic mass is 9.83. The molecule has 1 heterocycles. The van der Waals surface area contributed by atoms with E-state index < -0.39 is 5.97 Å². The standard InChI is InChI=1S/C20H28N2O4/c1-2-22(13-18(23)24)16-11-15(12-16)21-20(25)17-9-6-10-26-19(17)14-7-4-3-5-8-14/h3-5,7-8,15-17,19H,2,6,9-13H2,1H3,(H,21,25)(H,23,24). The average Bonchev–Trinajstić information content (AvgIpc) is 2.63. The predicted octanol–water partition coefficient (Wildman–Crippen LogP) is 2.21. The van der Waals surface area contributed by atoms with Crippen molar-refractivity contribution in [2.75, 3.05) is 19.7 Å². The van der Waals surface area contributed by atoms with Crippen molar-refractivity contribution < 1.29 is 19.4 Å². The zero-order chi connectivity index (χ0) is 18.5. The number of benzene rings is 1. The van der Waals surface area contributed by atoms with Crippen LogP contribution in [0.3, 0.4) is 0 Å². The van der Waals surface area contributed by atoms with Gasteiger partial charge in [-0.2, -0.15) is 0 Å². The molecule has 6 nitrogen and oxygen atoms in total. The molecule has 0 aromatic heterocycles. The number of carbonyl (C=O) groups excluding carboxylic acids is 1. The van der Waals surface area contributed by atoms with E-state index in [-0.39, 0.29) is 36.6 Å². The van der Waals surface area contributed by atoms with Crippen molar-refractivity contribution in [2.45, 2.75) is 50.8 Å². The van der Waals surface area contributed by atoms with E-state index in [1.165, 1.54) is 0 Å². The van der Waals surface area contributed by atoms with Crippen molar-refractivity contribution in [3.63, 3.8) is 0 Å². The normalized spacial score (nSPS) is 28.4. The summed E-state index contributed by atoms with van der Waals surface area (Å²) < 4.78 is 5.92. The Morgan fingerprint density at radius 2 is 2.00 bits per heavy atom. The molecule has 1 amide bonds. The first-order valence-corrected chi connectivity index (χ1v) is 9.51. The van der Waals surface area contributed by atoms with E-state index in [4.69, 9.17) is 9.84 Å². The summed E-state index contributed by atoms with van der Waals surface area (Å²) in [6.45, 7) is 3.44. The van der Waals surface area contributed by atoms with Crippen LogP contribution in [0, 0.1) is 5.92 Å². The van der Waals surface area contributed by atoms with Gasteiger partial charge in [0.25, 0.3) is 0 Å². The maximum atomic E-state index is 12.8. The van der Waals surface area contributed by atoms with Crippen LogP contribution in [-0.2, 0) is 14.3 Å².